The zero-order chi connectivity index (χ0) is 12.3. The topological polar surface area (TPSA) is 44.5 Å². The zero-order valence-electron chi connectivity index (χ0n) is 10.6. The third-order valence-electron chi connectivity index (χ3n) is 3.23. The molecule has 1 aromatic rings. The van der Waals surface area contributed by atoms with E-state index >= 15 is 0 Å². The fraction of sp³-hybridized carbons (Fsp3) is 0.571. The number of rotatable bonds is 4. The number of aryl methyl sites for hydroxylation is 1. The second kappa shape index (κ2) is 5.41. The monoisotopic (exact) mass is 235 g/mol. The van der Waals surface area contributed by atoms with E-state index in [4.69, 9.17) is 15.2 Å². The molecule has 2 unspecified atom stereocenters. The van der Waals surface area contributed by atoms with Gasteiger partial charge in [-0.1, -0.05) is 13.0 Å². The van der Waals surface area contributed by atoms with Crippen LogP contribution in [0.4, 0.5) is 5.69 Å². The molecule has 2 N–H and O–H groups in total. The summed E-state index contributed by atoms with van der Waals surface area (Å²) in [7, 11) is 0. The summed E-state index contributed by atoms with van der Waals surface area (Å²) in [4.78, 5) is 0. The molecule has 0 radical (unpaired) electrons. The van der Waals surface area contributed by atoms with Crippen LogP contribution in [0.25, 0.3) is 0 Å². The van der Waals surface area contributed by atoms with Crippen molar-refractivity contribution in [2.75, 3.05) is 12.3 Å². The minimum atomic E-state index is 0.218. The van der Waals surface area contributed by atoms with Crippen LogP contribution >= 0.6 is 0 Å². The van der Waals surface area contributed by atoms with Gasteiger partial charge in [-0.2, -0.15) is 0 Å². The summed E-state index contributed by atoms with van der Waals surface area (Å²) in [6, 6.07) is 5.99. The first-order valence-corrected chi connectivity index (χ1v) is 6.35. The Bertz CT molecular complexity index is 378. The summed E-state index contributed by atoms with van der Waals surface area (Å²) in [5.41, 5.74) is 7.90. The van der Waals surface area contributed by atoms with Crippen molar-refractivity contribution in [1.29, 1.82) is 0 Å². The smallest absolute Gasteiger partial charge is 0.142 e. The maximum absolute atomic E-state index is 5.94. The van der Waals surface area contributed by atoms with Gasteiger partial charge in [0.05, 0.1) is 17.9 Å². The Labute approximate surface area is 103 Å². The van der Waals surface area contributed by atoms with Crippen molar-refractivity contribution in [1.82, 2.24) is 0 Å². The lowest BCUT2D eigenvalue weighted by Gasteiger charge is -2.14. The second-order valence-corrected chi connectivity index (χ2v) is 4.68. The molecule has 94 valence electrons. The van der Waals surface area contributed by atoms with Crippen LogP contribution in [0.15, 0.2) is 18.2 Å². The lowest BCUT2D eigenvalue weighted by Crippen LogP contribution is -2.18. The van der Waals surface area contributed by atoms with Gasteiger partial charge < -0.3 is 15.2 Å². The van der Waals surface area contributed by atoms with Crippen molar-refractivity contribution in [3.63, 3.8) is 0 Å². The third kappa shape index (κ3) is 3.13. The SMILES string of the molecule is CCc1ccc(OCC2CCC(C)O2)c(N)c1. The molecule has 1 aliphatic rings. The average Bonchev–Trinajstić information content (AvgIpc) is 2.73. The van der Waals surface area contributed by atoms with E-state index in [9.17, 15) is 0 Å². The zero-order valence-corrected chi connectivity index (χ0v) is 10.6. The number of nitrogens with two attached hydrogens (primary N) is 1. The Morgan fingerprint density at radius 3 is 2.82 bits per heavy atom. The van der Waals surface area contributed by atoms with Gasteiger partial charge in [0.25, 0.3) is 0 Å². The molecular weight excluding hydrogens is 214 g/mol. The molecule has 1 aliphatic heterocycles. The number of anilines is 1. The molecule has 3 nitrogen and oxygen atoms in total. The van der Waals surface area contributed by atoms with Crippen molar-refractivity contribution < 1.29 is 9.47 Å². The Balaban J connectivity index is 1.90. The number of hydrogen-bond donors (Lipinski definition) is 1. The normalized spacial score (nSPS) is 23.9. The molecule has 0 spiro atoms. The fourth-order valence-electron chi connectivity index (χ4n) is 2.14. The molecule has 3 heteroatoms. The summed E-state index contributed by atoms with van der Waals surface area (Å²) >= 11 is 0. The molecule has 0 saturated carbocycles. The summed E-state index contributed by atoms with van der Waals surface area (Å²) in [5, 5.41) is 0. The summed E-state index contributed by atoms with van der Waals surface area (Å²) in [6.07, 6.45) is 3.78. The first kappa shape index (κ1) is 12.2. The molecule has 2 atom stereocenters. The lowest BCUT2D eigenvalue weighted by molar-refractivity contribution is 0.0266. The summed E-state index contributed by atoms with van der Waals surface area (Å²) in [6.45, 7) is 4.81. The number of hydrogen-bond acceptors (Lipinski definition) is 3. The Morgan fingerprint density at radius 2 is 2.24 bits per heavy atom. The predicted molar refractivity (Wildman–Crippen MR) is 69.3 cm³/mol. The van der Waals surface area contributed by atoms with Crippen LogP contribution in [-0.4, -0.2) is 18.8 Å². The van der Waals surface area contributed by atoms with E-state index in [-0.39, 0.29) is 6.10 Å². The van der Waals surface area contributed by atoms with Crippen LogP contribution in [-0.2, 0) is 11.2 Å². The fourth-order valence-corrected chi connectivity index (χ4v) is 2.14. The average molecular weight is 235 g/mol. The minimum Gasteiger partial charge on any atom is -0.489 e. The van der Waals surface area contributed by atoms with Crippen molar-refractivity contribution in [3.8, 4) is 5.75 Å². The first-order chi connectivity index (χ1) is 8.19. The molecular formula is C14H21NO2. The number of benzene rings is 1. The van der Waals surface area contributed by atoms with Crippen LogP contribution in [0.3, 0.4) is 0 Å². The minimum absolute atomic E-state index is 0.218. The van der Waals surface area contributed by atoms with Gasteiger partial charge in [-0.05, 0) is 43.9 Å². The highest BCUT2D eigenvalue weighted by Crippen LogP contribution is 2.25. The van der Waals surface area contributed by atoms with Gasteiger partial charge in [-0.15, -0.1) is 0 Å². The van der Waals surface area contributed by atoms with E-state index in [2.05, 4.69) is 19.9 Å². The number of ether oxygens (including phenoxy) is 2. The second-order valence-electron chi connectivity index (χ2n) is 4.68. The molecule has 17 heavy (non-hydrogen) atoms. The van der Waals surface area contributed by atoms with Crippen LogP contribution in [0.1, 0.15) is 32.3 Å². The van der Waals surface area contributed by atoms with Crippen molar-refractivity contribution >= 4 is 5.69 Å². The van der Waals surface area contributed by atoms with Crippen molar-refractivity contribution in [3.05, 3.63) is 23.8 Å². The van der Waals surface area contributed by atoms with Crippen LogP contribution in [0.2, 0.25) is 0 Å². The van der Waals surface area contributed by atoms with E-state index in [0.717, 1.165) is 30.7 Å². The van der Waals surface area contributed by atoms with Gasteiger partial charge in [0, 0.05) is 0 Å². The van der Waals surface area contributed by atoms with Crippen LogP contribution in [0.5, 0.6) is 5.75 Å². The molecule has 1 saturated heterocycles. The van der Waals surface area contributed by atoms with Crippen molar-refractivity contribution in [2.45, 2.75) is 45.3 Å². The van der Waals surface area contributed by atoms with E-state index < -0.39 is 0 Å². The van der Waals surface area contributed by atoms with E-state index in [1.807, 2.05) is 12.1 Å². The molecule has 0 aromatic heterocycles. The van der Waals surface area contributed by atoms with Crippen molar-refractivity contribution in [2.24, 2.45) is 0 Å². The molecule has 1 aromatic carbocycles. The van der Waals surface area contributed by atoms with Gasteiger partial charge in [-0.3, -0.25) is 0 Å². The number of nitrogen functional groups attached to an aromatic ring is 1. The molecule has 2 rings (SSSR count). The first-order valence-electron chi connectivity index (χ1n) is 6.35. The molecule has 0 amide bonds. The molecule has 0 bridgehead atoms. The lowest BCUT2D eigenvalue weighted by atomic mass is 10.1. The quantitative estimate of drug-likeness (QED) is 0.816. The molecule has 0 aliphatic carbocycles. The molecule has 1 heterocycles. The molecule has 1 fully saturated rings. The highest BCUT2D eigenvalue weighted by molar-refractivity contribution is 5.54. The Hall–Kier alpha value is -1.22. The van der Waals surface area contributed by atoms with E-state index in [1.165, 1.54) is 5.56 Å². The highest BCUT2D eigenvalue weighted by atomic mass is 16.5. The maximum Gasteiger partial charge on any atom is 0.142 e. The van der Waals surface area contributed by atoms with Gasteiger partial charge in [0.2, 0.25) is 0 Å². The van der Waals surface area contributed by atoms with Gasteiger partial charge in [0.1, 0.15) is 12.4 Å². The van der Waals surface area contributed by atoms with Gasteiger partial charge in [-0.25, -0.2) is 0 Å². The summed E-state index contributed by atoms with van der Waals surface area (Å²) < 4.78 is 11.4. The maximum atomic E-state index is 5.94. The predicted octanol–water partition coefficient (Wildman–Crippen LogP) is 2.78. The van der Waals surface area contributed by atoms with E-state index in [0.29, 0.717) is 12.7 Å². The largest absolute Gasteiger partial charge is 0.489 e. The Morgan fingerprint density at radius 1 is 1.41 bits per heavy atom. The standard InChI is InChI=1S/C14H21NO2/c1-3-11-5-7-14(13(15)8-11)16-9-12-6-4-10(2)17-12/h5,7-8,10,12H,3-4,6,9,15H2,1-2H3. The highest BCUT2D eigenvalue weighted by Gasteiger charge is 2.22. The van der Waals surface area contributed by atoms with E-state index in [1.54, 1.807) is 0 Å². The third-order valence-corrected chi connectivity index (χ3v) is 3.23. The summed E-state index contributed by atoms with van der Waals surface area (Å²) in [5.74, 6) is 0.769. The Kier molecular flexibility index (Phi) is 3.89. The van der Waals surface area contributed by atoms with Gasteiger partial charge in [0.15, 0.2) is 0 Å². The van der Waals surface area contributed by atoms with Gasteiger partial charge >= 0.3 is 0 Å². The van der Waals surface area contributed by atoms with Crippen LogP contribution < -0.4 is 10.5 Å². The van der Waals surface area contributed by atoms with Crippen LogP contribution in [0, 0.1) is 0 Å².